The van der Waals surface area contributed by atoms with Crippen LogP contribution >= 0.6 is 11.6 Å². The van der Waals surface area contributed by atoms with Crippen LogP contribution in [-0.4, -0.2) is 29.6 Å². The summed E-state index contributed by atoms with van der Waals surface area (Å²) in [6.45, 7) is 0. The topological polar surface area (TPSA) is 61.6 Å². The van der Waals surface area contributed by atoms with Crippen LogP contribution in [0.5, 0.6) is 5.75 Å². The molecule has 0 heterocycles. The van der Waals surface area contributed by atoms with E-state index in [0.29, 0.717) is 6.42 Å². The molecule has 0 radical (unpaired) electrons. The van der Waals surface area contributed by atoms with Crippen molar-refractivity contribution in [3.63, 3.8) is 0 Å². The summed E-state index contributed by atoms with van der Waals surface area (Å²) in [6, 6.07) is 3.57. The molecule has 3 atom stereocenters. The fourth-order valence-corrected chi connectivity index (χ4v) is 2.29. The molecule has 5 nitrogen and oxygen atoms in total. The number of methoxy groups -OCH3 is 1. The maximum absolute atomic E-state index is 13.6. The van der Waals surface area contributed by atoms with Crippen LogP contribution in [0.3, 0.4) is 0 Å². The SMILES string of the molecule is COC1C(Cl)CC1Oc1c(F)cccc1[N+](=O)[O-]. The molecule has 0 aliphatic heterocycles. The van der Waals surface area contributed by atoms with Crippen molar-refractivity contribution in [1.29, 1.82) is 0 Å². The van der Waals surface area contributed by atoms with E-state index in [1.54, 1.807) is 0 Å². The van der Waals surface area contributed by atoms with Gasteiger partial charge in [0.2, 0.25) is 5.75 Å². The highest BCUT2D eigenvalue weighted by Gasteiger charge is 2.43. The van der Waals surface area contributed by atoms with Gasteiger partial charge in [0.25, 0.3) is 0 Å². The molecule has 1 fully saturated rings. The Balaban J connectivity index is 2.21. The van der Waals surface area contributed by atoms with E-state index >= 15 is 0 Å². The highest BCUT2D eigenvalue weighted by molar-refractivity contribution is 6.21. The number of hydrogen-bond donors (Lipinski definition) is 0. The predicted molar refractivity (Wildman–Crippen MR) is 62.5 cm³/mol. The van der Waals surface area contributed by atoms with Crippen LogP contribution < -0.4 is 4.74 Å². The Kier molecular flexibility index (Phi) is 3.68. The first-order valence-corrected chi connectivity index (χ1v) is 5.74. The molecule has 1 aliphatic carbocycles. The molecule has 1 aliphatic rings. The lowest BCUT2D eigenvalue weighted by Crippen LogP contribution is -2.52. The second kappa shape index (κ2) is 5.07. The minimum Gasteiger partial charge on any atom is -0.479 e. The van der Waals surface area contributed by atoms with Crippen molar-refractivity contribution in [3.05, 3.63) is 34.1 Å². The van der Waals surface area contributed by atoms with E-state index < -0.39 is 22.5 Å². The smallest absolute Gasteiger partial charge is 0.314 e. The maximum Gasteiger partial charge on any atom is 0.314 e. The van der Waals surface area contributed by atoms with Gasteiger partial charge in [0.15, 0.2) is 5.82 Å². The Morgan fingerprint density at radius 3 is 2.83 bits per heavy atom. The van der Waals surface area contributed by atoms with Crippen LogP contribution in [-0.2, 0) is 4.74 Å². The van der Waals surface area contributed by atoms with E-state index in [9.17, 15) is 14.5 Å². The van der Waals surface area contributed by atoms with Gasteiger partial charge in [0, 0.05) is 19.6 Å². The molecule has 0 amide bonds. The summed E-state index contributed by atoms with van der Waals surface area (Å²) in [5.41, 5.74) is -0.400. The molecule has 3 unspecified atom stereocenters. The number of rotatable bonds is 4. The summed E-state index contributed by atoms with van der Waals surface area (Å²) in [6.07, 6.45) is -0.384. The molecule has 7 heteroatoms. The van der Waals surface area contributed by atoms with Crippen molar-refractivity contribution in [2.75, 3.05) is 7.11 Å². The van der Waals surface area contributed by atoms with E-state index in [4.69, 9.17) is 21.1 Å². The second-order valence-corrected chi connectivity index (χ2v) is 4.51. The zero-order valence-corrected chi connectivity index (χ0v) is 10.3. The van der Waals surface area contributed by atoms with Crippen LogP contribution in [0.4, 0.5) is 10.1 Å². The third-order valence-corrected chi connectivity index (χ3v) is 3.29. The van der Waals surface area contributed by atoms with Gasteiger partial charge in [-0.25, -0.2) is 4.39 Å². The molecule has 1 saturated carbocycles. The quantitative estimate of drug-likeness (QED) is 0.481. The summed E-state index contributed by atoms with van der Waals surface area (Å²) in [5.74, 6) is -1.13. The maximum atomic E-state index is 13.6. The van der Waals surface area contributed by atoms with Crippen molar-refractivity contribution in [3.8, 4) is 5.75 Å². The molecular formula is C11H11ClFNO4. The fourth-order valence-electron chi connectivity index (χ4n) is 1.85. The average molecular weight is 276 g/mol. The summed E-state index contributed by atoms with van der Waals surface area (Å²) in [5, 5.41) is 10.6. The number of ether oxygens (including phenoxy) is 2. The molecule has 0 saturated heterocycles. The standard InChI is InChI=1S/C11H11ClFNO4/c1-17-10-6(12)5-9(10)18-11-7(13)3-2-4-8(11)14(15)16/h2-4,6,9-10H,5H2,1H3. The van der Waals surface area contributed by atoms with Gasteiger partial charge in [-0.1, -0.05) is 6.07 Å². The zero-order valence-electron chi connectivity index (χ0n) is 9.51. The molecular weight excluding hydrogens is 265 g/mol. The summed E-state index contributed by atoms with van der Waals surface area (Å²) in [7, 11) is 1.46. The third kappa shape index (κ3) is 2.26. The molecule has 98 valence electrons. The van der Waals surface area contributed by atoms with E-state index in [1.807, 2.05) is 0 Å². The third-order valence-electron chi connectivity index (χ3n) is 2.86. The Labute approximate surface area is 108 Å². The average Bonchev–Trinajstić information content (AvgIpc) is 2.30. The highest BCUT2D eigenvalue weighted by atomic mass is 35.5. The highest BCUT2D eigenvalue weighted by Crippen LogP contribution is 2.37. The Morgan fingerprint density at radius 1 is 1.56 bits per heavy atom. The predicted octanol–water partition coefficient (Wildman–Crippen LogP) is 2.51. The van der Waals surface area contributed by atoms with Gasteiger partial charge in [-0.15, -0.1) is 11.6 Å². The number of halogens is 2. The molecule has 18 heavy (non-hydrogen) atoms. The van der Waals surface area contributed by atoms with Crippen LogP contribution in [0.2, 0.25) is 0 Å². The van der Waals surface area contributed by atoms with Gasteiger partial charge >= 0.3 is 5.69 Å². The lowest BCUT2D eigenvalue weighted by Gasteiger charge is -2.39. The normalized spacial score (nSPS) is 26.5. The first kappa shape index (κ1) is 13.0. The minimum absolute atomic E-state index is 0.217. The minimum atomic E-state index is -0.767. The molecule has 0 N–H and O–H groups in total. The molecule has 0 spiro atoms. The molecule has 0 aromatic heterocycles. The van der Waals surface area contributed by atoms with Crippen LogP contribution in [0, 0.1) is 15.9 Å². The van der Waals surface area contributed by atoms with Crippen molar-refractivity contribution < 1.29 is 18.8 Å². The number of hydrogen-bond acceptors (Lipinski definition) is 4. The van der Waals surface area contributed by atoms with E-state index in [-0.39, 0.29) is 17.2 Å². The van der Waals surface area contributed by atoms with Crippen molar-refractivity contribution in [2.45, 2.75) is 24.0 Å². The van der Waals surface area contributed by atoms with Crippen LogP contribution in [0.15, 0.2) is 18.2 Å². The Hall–Kier alpha value is -1.40. The number of nitrogens with zero attached hydrogens (tertiary/aromatic N) is 1. The van der Waals surface area contributed by atoms with E-state index in [0.717, 1.165) is 6.07 Å². The zero-order chi connectivity index (χ0) is 13.3. The molecule has 2 rings (SSSR count). The summed E-state index contributed by atoms with van der Waals surface area (Å²) >= 11 is 5.89. The summed E-state index contributed by atoms with van der Waals surface area (Å²) < 4.78 is 24.0. The number of alkyl halides is 1. The summed E-state index contributed by atoms with van der Waals surface area (Å²) in [4.78, 5) is 10.1. The van der Waals surface area contributed by atoms with Gasteiger partial charge in [-0.3, -0.25) is 10.1 Å². The number of nitro benzene ring substituents is 1. The lowest BCUT2D eigenvalue weighted by molar-refractivity contribution is -0.386. The second-order valence-electron chi connectivity index (χ2n) is 3.95. The Morgan fingerprint density at radius 2 is 2.28 bits per heavy atom. The van der Waals surface area contributed by atoms with Crippen molar-refractivity contribution in [1.82, 2.24) is 0 Å². The fraction of sp³-hybridized carbons (Fsp3) is 0.455. The molecule has 1 aromatic carbocycles. The van der Waals surface area contributed by atoms with Crippen molar-refractivity contribution in [2.24, 2.45) is 0 Å². The van der Waals surface area contributed by atoms with Crippen molar-refractivity contribution >= 4 is 17.3 Å². The van der Waals surface area contributed by atoms with Crippen LogP contribution in [0.25, 0.3) is 0 Å². The van der Waals surface area contributed by atoms with Gasteiger partial charge in [0.05, 0.1) is 10.3 Å². The van der Waals surface area contributed by atoms with Gasteiger partial charge in [-0.05, 0) is 6.07 Å². The lowest BCUT2D eigenvalue weighted by atomic mass is 9.91. The monoisotopic (exact) mass is 275 g/mol. The first-order valence-electron chi connectivity index (χ1n) is 5.31. The molecule has 1 aromatic rings. The number of nitro groups is 1. The number of para-hydroxylation sites is 1. The van der Waals surface area contributed by atoms with Gasteiger partial charge < -0.3 is 9.47 Å². The van der Waals surface area contributed by atoms with Gasteiger partial charge in [0.1, 0.15) is 12.2 Å². The molecule has 0 bridgehead atoms. The van der Waals surface area contributed by atoms with Crippen LogP contribution in [0.1, 0.15) is 6.42 Å². The van der Waals surface area contributed by atoms with E-state index in [1.165, 1.54) is 19.2 Å². The van der Waals surface area contributed by atoms with E-state index in [2.05, 4.69) is 0 Å². The Bertz CT molecular complexity index is 470. The first-order chi connectivity index (χ1) is 8.54. The van der Waals surface area contributed by atoms with Gasteiger partial charge in [-0.2, -0.15) is 0 Å². The largest absolute Gasteiger partial charge is 0.479 e. The number of benzene rings is 1.